The summed E-state index contributed by atoms with van der Waals surface area (Å²) in [6, 6.07) is 21.1. The van der Waals surface area contributed by atoms with E-state index in [4.69, 9.17) is 13.8 Å². The Morgan fingerprint density at radius 3 is 2.22 bits per heavy atom. The van der Waals surface area contributed by atoms with Crippen LogP contribution < -0.4 is 0 Å². The van der Waals surface area contributed by atoms with Gasteiger partial charge in [0.1, 0.15) is 22.3 Å². The predicted octanol–water partition coefficient (Wildman–Crippen LogP) is 8.79. The van der Waals surface area contributed by atoms with E-state index in [9.17, 15) is 0 Å². The van der Waals surface area contributed by atoms with E-state index in [2.05, 4.69) is 76.2 Å². The van der Waals surface area contributed by atoms with Crippen molar-refractivity contribution in [1.29, 1.82) is 0 Å². The summed E-state index contributed by atoms with van der Waals surface area (Å²) in [5.74, 6) is 0.859. The van der Waals surface area contributed by atoms with Gasteiger partial charge in [-0.15, -0.1) is 0 Å². The van der Waals surface area contributed by atoms with E-state index in [-0.39, 0.29) is 0 Å². The van der Waals surface area contributed by atoms with Gasteiger partial charge in [0.15, 0.2) is 0 Å². The second-order valence-corrected chi connectivity index (χ2v) is 9.24. The molecule has 0 bridgehead atoms. The second kappa shape index (κ2) is 6.96. The van der Waals surface area contributed by atoms with Gasteiger partial charge in [0, 0.05) is 33.3 Å². The minimum absolute atomic E-state index is 0.423. The highest BCUT2D eigenvalue weighted by Crippen LogP contribution is 2.44. The highest BCUT2D eigenvalue weighted by molar-refractivity contribution is 6.28. The average Bonchev–Trinajstić information content (AvgIpc) is 3.35. The fourth-order valence-electron chi connectivity index (χ4n) is 4.67. The molecule has 0 N–H and O–H groups in total. The first-order chi connectivity index (χ1) is 15.5. The van der Waals surface area contributed by atoms with Crippen LogP contribution in [0, 0.1) is 0 Å². The van der Waals surface area contributed by atoms with Crippen molar-refractivity contribution in [2.45, 2.75) is 39.5 Å². The maximum atomic E-state index is 6.57. The zero-order valence-corrected chi connectivity index (χ0v) is 18.8. The van der Waals surface area contributed by atoms with Gasteiger partial charge < -0.3 is 8.83 Å². The molecular weight excluding hydrogens is 394 g/mol. The second-order valence-electron chi connectivity index (χ2n) is 9.24. The third-order valence-electron chi connectivity index (χ3n) is 6.50. The molecule has 0 spiro atoms. The third kappa shape index (κ3) is 2.77. The zero-order valence-electron chi connectivity index (χ0n) is 18.8. The lowest BCUT2D eigenvalue weighted by molar-refractivity contribution is 0.662. The molecule has 3 aromatic carbocycles. The lowest BCUT2D eigenvalue weighted by Crippen LogP contribution is -1.91. The molecule has 3 aromatic heterocycles. The van der Waals surface area contributed by atoms with Gasteiger partial charge in [0.2, 0.25) is 0 Å². The quantitative estimate of drug-likeness (QED) is 0.288. The van der Waals surface area contributed by atoms with E-state index in [0.29, 0.717) is 11.8 Å². The molecule has 0 aliphatic rings. The van der Waals surface area contributed by atoms with E-state index < -0.39 is 0 Å². The van der Waals surface area contributed by atoms with Crippen molar-refractivity contribution in [2.24, 2.45) is 0 Å². The predicted molar refractivity (Wildman–Crippen MR) is 132 cm³/mol. The lowest BCUT2D eigenvalue weighted by Gasteiger charge is -2.08. The van der Waals surface area contributed by atoms with Crippen molar-refractivity contribution in [3.8, 4) is 11.3 Å². The Bertz CT molecular complexity index is 1630. The minimum atomic E-state index is 0.423. The highest BCUT2D eigenvalue weighted by Gasteiger charge is 2.21. The Hall–Kier alpha value is -3.59. The molecule has 3 nitrogen and oxygen atoms in total. The fraction of sp³-hybridized carbons (Fsp3) is 0.207. The Balaban J connectivity index is 1.79. The Kier molecular flexibility index (Phi) is 4.16. The molecule has 158 valence electrons. The number of fused-ring (bicyclic) bond motifs is 7. The van der Waals surface area contributed by atoms with E-state index in [1.54, 1.807) is 0 Å². The van der Waals surface area contributed by atoms with E-state index in [1.165, 1.54) is 11.1 Å². The van der Waals surface area contributed by atoms with Crippen LogP contribution in [-0.4, -0.2) is 4.98 Å². The molecule has 0 aliphatic heterocycles. The van der Waals surface area contributed by atoms with Gasteiger partial charge in [-0.3, -0.25) is 4.98 Å². The summed E-state index contributed by atoms with van der Waals surface area (Å²) in [5.41, 5.74) is 7.93. The topological polar surface area (TPSA) is 39.2 Å². The van der Waals surface area contributed by atoms with Crippen molar-refractivity contribution in [2.75, 3.05) is 0 Å². The normalized spacial score (nSPS) is 12.3. The van der Waals surface area contributed by atoms with Crippen LogP contribution in [0.5, 0.6) is 0 Å². The van der Waals surface area contributed by atoms with Crippen molar-refractivity contribution in [3.05, 3.63) is 78.0 Å². The molecule has 0 unspecified atom stereocenters. The maximum absolute atomic E-state index is 6.57. The first-order valence-electron chi connectivity index (χ1n) is 11.3. The summed E-state index contributed by atoms with van der Waals surface area (Å²) in [7, 11) is 0. The molecular formula is C29H25NO2. The van der Waals surface area contributed by atoms with Crippen LogP contribution >= 0.6 is 0 Å². The van der Waals surface area contributed by atoms with Crippen LogP contribution in [-0.2, 0) is 0 Å². The fourth-order valence-corrected chi connectivity index (χ4v) is 4.67. The first kappa shape index (κ1) is 19.1. The van der Waals surface area contributed by atoms with Gasteiger partial charge >= 0.3 is 0 Å². The largest absolute Gasteiger partial charge is 0.456 e. The number of nitrogens with zero attached hydrogens (tertiary/aromatic N) is 1. The van der Waals surface area contributed by atoms with Crippen molar-refractivity contribution in [3.63, 3.8) is 0 Å². The number of hydrogen-bond acceptors (Lipinski definition) is 3. The van der Waals surface area contributed by atoms with E-state index in [0.717, 1.165) is 55.1 Å². The average molecular weight is 420 g/mol. The summed E-state index contributed by atoms with van der Waals surface area (Å²) >= 11 is 0. The smallest absolute Gasteiger partial charge is 0.145 e. The maximum Gasteiger partial charge on any atom is 0.145 e. The molecule has 0 aliphatic carbocycles. The molecule has 0 atom stereocenters. The Morgan fingerprint density at radius 1 is 0.656 bits per heavy atom. The summed E-state index contributed by atoms with van der Waals surface area (Å²) in [5, 5.41) is 4.43. The van der Waals surface area contributed by atoms with E-state index >= 15 is 0 Å². The SMILES string of the molecule is CC(C)c1ccnc(-c2cc3oc4ccccc4c3c3c2oc2cc(C(C)C)ccc23)c1. The van der Waals surface area contributed by atoms with E-state index in [1.807, 2.05) is 18.3 Å². The molecule has 0 amide bonds. The van der Waals surface area contributed by atoms with Gasteiger partial charge in [0.25, 0.3) is 0 Å². The van der Waals surface area contributed by atoms with Gasteiger partial charge in [-0.25, -0.2) is 0 Å². The van der Waals surface area contributed by atoms with Crippen molar-refractivity contribution in [1.82, 2.24) is 4.98 Å². The monoisotopic (exact) mass is 419 g/mol. The van der Waals surface area contributed by atoms with Gasteiger partial charge in [-0.05, 0) is 53.3 Å². The summed E-state index contributed by atoms with van der Waals surface area (Å²) < 4.78 is 12.9. The van der Waals surface area contributed by atoms with Crippen LogP contribution in [0.4, 0.5) is 0 Å². The Labute approximate surface area is 186 Å². The molecule has 6 rings (SSSR count). The zero-order chi connectivity index (χ0) is 22.0. The first-order valence-corrected chi connectivity index (χ1v) is 11.3. The molecule has 3 heteroatoms. The van der Waals surface area contributed by atoms with Crippen LogP contribution in [0.1, 0.15) is 50.7 Å². The number of benzene rings is 3. The number of furan rings is 2. The highest BCUT2D eigenvalue weighted by atomic mass is 16.3. The lowest BCUT2D eigenvalue weighted by atomic mass is 9.97. The number of pyridine rings is 1. The molecule has 0 radical (unpaired) electrons. The van der Waals surface area contributed by atoms with Crippen LogP contribution in [0.3, 0.4) is 0 Å². The summed E-state index contributed by atoms with van der Waals surface area (Å²) in [4.78, 5) is 4.72. The molecule has 0 saturated heterocycles. The van der Waals surface area contributed by atoms with Gasteiger partial charge in [0.05, 0.1) is 5.69 Å². The van der Waals surface area contributed by atoms with Gasteiger partial charge in [-0.2, -0.15) is 0 Å². The molecule has 32 heavy (non-hydrogen) atoms. The third-order valence-corrected chi connectivity index (χ3v) is 6.50. The number of hydrogen-bond donors (Lipinski definition) is 0. The molecule has 6 aromatic rings. The molecule has 0 fully saturated rings. The molecule has 0 saturated carbocycles. The Morgan fingerprint density at radius 2 is 1.41 bits per heavy atom. The summed E-state index contributed by atoms with van der Waals surface area (Å²) in [6.07, 6.45) is 1.89. The van der Waals surface area contributed by atoms with Gasteiger partial charge in [-0.1, -0.05) is 58.0 Å². The van der Waals surface area contributed by atoms with Crippen LogP contribution in [0.15, 0.2) is 75.7 Å². The number of rotatable bonds is 3. The van der Waals surface area contributed by atoms with Crippen LogP contribution in [0.25, 0.3) is 55.1 Å². The minimum Gasteiger partial charge on any atom is -0.456 e. The standard InChI is InChI=1S/C29H25NO2/c1-16(2)18-9-10-21-25(14-18)32-29-22(23-13-19(17(3)4)11-12-30-23)15-26-27(28(21)29)20-7-5-6-8-24(20)31-26/h5-17H,1-4H3. The van der Waals surface area contributed by atoms with Crippen molar-refractivity contribution < 1.29 is 8.83 Å². The van der Waals surface area contributed by atoms with Crippen LogP contribution in [0.2, 0.25) is 0 Å². The number of para-hydroxylation sites is 1. The summed E-state index contributed by atoms with van der Waals surface area (Å²) in [6.45, 7) is 8.81. The number of aromatic nitrogens is 1. The molecule has 3 heterocycles. The van der Waals surface area contributed by atoms with Crippen molar-refractivity contribution >= 4 is 43.9 Å².